The van der Waals surface area contributed by atoms with Crippen molar-refractivity contribution in [2.45, 2.75) is 38.2 Å². The second-order valence-electron chi connectivity index (χ2n) is 9.94. The van der Waals surface area contributed by atoms with Crippen LogP contribution in [0.1, 0.15) is 43.9 Å². The molecule has 5 rings (SSSR count). The van der Waals surface area contributed by atoms with Gasteiger partial charge in [0, 0.05) is 23.6 Å². The van der Waals surface area contributed by atoms with E-state index >= 15 is 0 Å². The minimum atomic E-state index is -1.02. The molecular formula is C28H31N5O2. The van der Waals surface area contributed by atoms with Gasteiger partial charge in [0.2, 0.25) is 0 Å². The molecule has 7 heteroatoms. The number of nitrogens with zero attached hydrogens (tertiary/aromatic N) is 3. The number of H-pyrrole nitrogens is 1. The predicted octanol–water partition coefficient (Wildman–Crippen LogP) is 4.77. The van der Waals surface area contributed by atoms with Crippen molar-refractivity contribution in [3.63, 3.8) is 0 Å². The minimum Gasteiger partial charge on any atom is -0.384 e. The fourth-order valence-corrected chi connectivity index (χ4v) is 4.68. The zero-order valence-corrected chi connectivity index (χ0v) is 20.4. The number of aliphatic hydroxyl groups is 1. The fourth-order valence-electron chi connectivity index (χ4n) is 4.68. The third-order valence-electron chi connectivity index (χ3n) is 6.80. The minimum absolute atomic E-state index is 0.192. The Morgan fingerprint density at radius 3 is 2.49 bits per heavy atom. The first-order chi connectivity index (χ1) is 16.8. The number of hydrogen-bond acceptors (Lipinski definition) is 6. The first-order valence-corrected chi connectivity index (χ1v) is 12.1. The largest absolute Gasteiger partial charge is 0.384 e. The van der Waals surface area contributed by atoms with Crippen molar-refractivity contribution in [1.82, 2.24) is 19.9 Å². The first-order valence-electron chi connectivity index (χ1n) is 12.1. The van der Waals surface area contributed by atoms with E-state index in [1.165, 1.54) is 18.4 Å². The van der Waals surface area contributed by atoms with E-state index in [0.717, 1.165) is 29.7 Å². The SMILES string of the molecule is CN1CCC(c2ccc(Nc3nc(-c4ccc(C(C)(C)O)nc4)cc4cc[nH]c(=O)c34)cc2)CC1. The zero-order chi connectivity index (χ0) is 24.6. The molecule has 0 aliphatic carbocycles. The standard InChI is InChI=1S/C28H31N5O2/c1-28(2,35)24-9-6-21(17-30-24)23-16-20-10-13-29-27(34)25(20)26(32-23)31-22-7-4-18(5-8-22)19-11-14-33(3)15-12-19/h4-10,13,16-17,19,35H,11-12,14-15H2,1-3H3,(H,29,34)(H,31,32). The van der Waals surface area contributed by atoms with Crippen LogP contribution in [0.15, 0.2) is 65.7 Å². The summed E-state index contributed by atoms with van der Waals surface area (Å²) in [6.07, 6.45) is 5.69. The second kappa shape index (κ2) is 9.24. The molecule has 1 fully saturated rings. The number of rotatable bonds is 5. The molecule has 1 aliphatic heterocycles. The Morgan fingerprint density at radius 2 is 1.83 bits per heavy atom. The van der Waals surface area contributed by atoms with Crippen LogP contribution in [0.25, 0.3) is 22.0 Å². The topological polar surface area (TPSA) is 94.1 Å². The molecule has 7 nitrogen and oxygen atoms in total. The van der Waals surface area contributed by atoms with Crippen molar-refractivity contribution in [3.05, 3.63) is 82.5 Å². The maximum atomic E-state index is 12.7. The smallest absolute Gasteiger partial charge is 0.259 e. The van der Waals surface area contributed by atoms with Crippen LogP contribution in [0.3, 0.4) is 0 Å². The average molecular weight is 470 g/mol. The molecule has 4 aromatic rings. The van der Waals surface area contributed by atoms with Crippen LogP contribution >= 0.6 is 0 Å². The molecule has 0 radical (unpaired) electrons. The van der Waals surface area contributed by atoms with E-state index < -0.39 is 5.60 Å². The van der Waals surface area contributed by atoms with Crippen molar-refractivity contribution in [2.75, 3.05) is 25.5 Å². The number of hydrogen-bond donors (Lipinski definition) is 3. The molecule has 0 saturated carbocycles. The number of anilines is 2. The zero-order valence-electron chi connectivity index (χ0n) is 20.4. The summed E-state index contributed by atoms with van der Waals surface area (Å²) >= 11 is 0. The molecule has 35 heavy (non-hydrogen) atoms. The van der Waals surface area contributed by atoms with Crippen LogP contribution in [-0.4, -0.2) is 45.1 Å². The number of fused-ring (bicyclic) bond motifs is 1. The number of benzene rings is 1. The van der Waals surface area contributed by atoms with Gasteiger partial charge in [-0.1, -0.05) is 12.1 Å². The number of aromatic nitrogens is 3. The molecule has 1 aromatic carbocycles. The van der Waals surface area contributed by atoms with Gasteiger partial charge < -0.3 is 20.3 Å². The van der Waals surface area contributed by atoms with Gasteiger partial charge in [0.1, 0.15) is 11.4 Å². The lowest BCUT2D eigenvalue weighted by atomic mass is 9.89. The first kappa shape index (κ1) is 23.2. The van der Waals surface area contributed by atoms with Crippen LogP contribution in [0.4, 0.5) is 11.5 Å². The van der Waals surface area contributed by atoms with E-state index in [-0.39, 0.29) is 5.56 Å². The highest BCUT2D eigenvalue weighted by Gasteiger charge is 2.19. The summed E-state index contributed by atoms with van der Waals surface area (Å²) in [6, 6.07) is 15.9. The van der Waals surface area contributed by atoms with Crippen molar-refractivity contribution < 1.29 is 5.11 Å². The van der Waals surface area contributed by atoms with Crippen LogP contribution < -0.4 is 10.9 Å². The normalized spacial score (nSPS) is 15.4. The Hall–Kier alpha value is -3.55. The Kier molecular flexibility index (Phi) is 6.13. The molecule has 0 bridgehead atoms. The fraction of sp³-hybridized carbons (Fsp3) is 0.321. The summed E-state index contributed by atoms with van der Waals surface area (Å²) in [6.45, 7) is 5.66. The highest BCUT2D eigenvalue weighted by molar-refractivity contribution is 5.95. The van der Waals surface area contributed by atoms with E-state index in [1.807, 2.05) is 18.2 Å². The maximum Gasteiger partial charge on any atom is 0.259 e. The number of piperidine rings is 1. The van der Waals surface area contributed by atoms with E-state index in [9.17, 15) is 9.90 Å². The Morgan fingerprint density at radius 1 is 1.09 bits per heavy atom. The lowest BCUT2D eigenvalue weighted by molar-refractivity contribution is 0.0739. The number of pyridine rings is 3. The molecule has 1 aliphatic rings. The van der Waals surface area contributed by atoms with Gasteiger partial charge in [0.15, 0.2) is 0 Å². The Balaban J connectivity index is 1.48. The highest BCUT2D eigenvalue weighted by atomic mass is 16.3. The third-order valence-corrected chi connectivity index (χ3v) is 6.80. The average Bonchev–Trinajstić information content (AvgIpc) is 2.84. The maximum absolute atomic E-state index is 12.7. The van der Waals surface area contributed by atoms with Gasteiger partial charge in [0.05, 0.1) is 16.8 Å². The molecule has 3 N–H and O–H groups in total. The highest BCUT2D eigenvalue weighted by Crippen LogP contribution is 2.31. The number of likely N-dealkylation sites (tertiary alicyclic amines) is 1. The Bertz CT molecular complexity index is 1380. The molecule has 3 aromatic heterocycles. The summed E-state index contributed by atoms with van der Waals surface area (Å²) in [7, 11) is 2.17. The predicted molar refractivity (Wildman–Crippen MR) is 140 cm³/mol. The summed E-state index contributed by atoms with van der Waals surface area (Å²) in [5, 5.41) is 14.9. The Labute approximate surface area is 204 Å². The van der Waals surface area contributed by atoms with Crippen molar-refractivity contribution in [2.24, 2.45) is 0 Å². The van der Waals surface area contributed by atoms with E-state index in [4.69, 9.17) is 4.98 Å². The van der Waals surface area contributed by atoms with E-state index in [2.05, 4.69) is 51.5 Å². The summed E-state index contributed by atoms with van der Waals surface area (Å²) in [5.74, 6) is 1.09. The molecule has 0 unspecified atom stereocenters. The van der Waals surface area contributed by atoms with E-state index in [0.29, 0.717) is 28.5 Å². The van der Waals surface area contributed by atoms with Crippen LogP contribution in [0.5, 0.6) is 0 Å². The van der Waals surface area contributed by atoms with Gasteiger partial charge in [-0.3, -0.25) is 9.78 Å². The van der Waals surface area contributed by atoms with Gasteiger partial charge in [-0.2, -0.15) is 0 Å². The van der Waals surface area contributed by atoms with Crippen molar-refractivity contribution >= 4 is 22.3 Å². The van der Waals surface area contributed by atoms with Gasteiger partial charge in [0.25, 0.3) is 5.56 Å². The molecule has 0 amide bonds. The molecular weight excluding hydrogens is 438 g/mol. The van der Waals surface area contributed by atoms with Gasteiger partial charge in [-0.25, -0.2) is 4.98 Å². The molecule has 0 atom stereocenters. The van der Waals surface area contributed by atoms with Crippen LogP contribution in [0, 0.1) is 0 Å². The summed E-state index contributed by atoms with van der Waals surface area (Å²) < 4.78 is 0. The monoisotopic (exact) mass is 469 g/mol. The van der Waals surface area contributed by atoms with Gasteiger partial charge in [-0.05, 0) is 100 Å². The van der Waals surface area contributed by atoms with Crippen LogP contribution in [-0.2, 0) is 5.60 Å². The second-order valence-corrected chi connectivity index (χ2v) is 9.94. The number of aromatic amines is 1. The molecule has 0 spiro atoms. The third kappa shape index (κ3) is 4.97. The van der Waals surface area contributed by atoms with Crippen molar-refractivity contribution in [1.29, 1.82) is 0 Å². The molecule has 180 valence electrons. The van der Waals surface area contributed by atoms with E-state index in [1.54, 1.807) is 32.3 Å². The molecule has 4 heterocycles. The van der Waals surface area contributed by atoms with Crippen molar-refractivity contribution in [3.8, 4) is 11.3 Å². The van der Waals surface area contributed by atoms with Gasteiger partial charge >= 0.3 is 0 Å². The lowest BCUT2D eigenvalue weighted by Gasteiger charge is -2.29. The molecule has 1 saturated heterocycles. The summed E-state index contributed by atoms with van der Waals surface area (Å²) in [4.78, 5) is 27.1. The lowest BCUT2D eigenvalue weighted by Crippen LogP contribution is -2.29. The van der Waals surface area contributed by atoms with Crippen LogP contribution in [0.2, 0.25) is 0 Å². The number of nitrogens with one attached hydrogen (secondary N) is 2. The summed E-state index contributed by atoms with van der Waals surface area (Å²) in [5.41, 5.74) is 3.11. The van der Waals surface area contributed by atoms with Gasteiger partial charge in [-0.15, -0.1) is 0 Å². The quantitative estimate of drug-likeness (QED) is 0.390.